The summed E-state index contributed by atoms with van der Waals surface area (Å²) in [5.41, 5.74) is 1.96. The zero-order chi connectivity index (χ0) is 15.6. The van der Waals surface area contributed by atoms with Crippen LogP contribution in [0.2, 0.25) is 0 Å². The Labute approximate surface area is 126 Å². The Morgan fingerprint density at radius 2 is 2.10 bits per heavy atom. The highest BCUT2D eigenvalue weighted by Gasteiger charge is 2.49. The zero-order valence-electron chi connectivity index (χ0n) is 13.3. The fourth-order valence-corrected chi connectivity index (χ4v) is 3.32. The Balaban J connectivity index is 1.82. The van der Waals surface area contributed by atoms with Crippen LogP contribution in [0.3, 0.4) is 0 Å². The second-order valence-electron chi connectivity index (χ2n) is 6.75. The lowest BCUT2D eigenvalue weighted by Gasteiger charge is -2.53. The first kappa shape index (κ1) is 15.8. The average Bonchev–Trinajstić information content (AvgIpc) is 2.39. The lowest BCUT2D eigenvalue weighted by Crippen LogP contribution is -2.53. The summed E-state index contributed by atoms with van der Waals surface area (Å²) in [4.78, 5) is 12.0. The van der Waals surface area contributed by atoms with Gasteiger partial charge in [0.25, 0.3) is 0 Å². The summed E-state index contributed by atoms with van der Waals surface area (Å²) in [6.07, 6.45) is 0.687. The highest BCUT2D eigenvalue weighted by atomic mass is 16.3. The first-order valence-corrected chi connectivity index (χ1v) is 7.61. The van der Waals surface area contributed by atoms with Crippen LogP contribution < -0.4 is 10.6 Å². The summed E-state index contributed by atoms with van der Waals surface area (Å²) >= 11 is 0. The minimum Gasteiger partial charge on any atom is -0.393 e. The molecule has 4 nitrogen and oxygen atoms in total. The summed E-state index contributed by atoms with van der Waals surface area (Å²) in [5, 5.41) is 15.5. The Bertz CT molecular complexity index is 511. The van der Waals surface area contributed by atoms with Gasteiger partial charge in [0.05, 0.1) is 6.10 Å². The molecule has 1 fully saturated rings. The number of aliphatic hydroxyl groups excluding tert-OH is 1. The van der Waals surface area contributed by atoms with Crippen LogP contribution in [0.25, 0.3) is 0 Å². The molecule has 1 aromatic carbocycles. The molecule has 2 rings (SSSR count). The van der Waals surface area contributed by atoms with Crippen molar-refractivity contribution in [3.05, 3.63) is 29.8 Å². The van der Waals surface area contributed by atoms with Crippen LogP contribution in [-0.2, 0) is 0 Å². The number of hydrogen-bond acceptors (Lipinski definition) is 2. The van der Waals surface area contributed by atoms with Crippen LogP contribution in [0.1, 0.15) is 32.8 Å². The number of nitrogens with one attached hydrogen (secondary N) is 2. The van der Waals surface area contributed by atoms with E-state index in [0.29, 0.717) is 18.4 Å². The lowest BCUT2D eigenvalue weighted by atomic mass is 9.53. The molecule has 0 radical (unpaired) electrons. The van der Waals surface area contributed by atoms with E-state index in [1.807, 2.05) is 38.1 Å². The summed E-state index contributed by atoms with van der Waals surface area (Å²) in [5.74, 6) is 0.739. The average molecular weight is 290 g/mol. The third-order valence-corrected chi connectivity index (χ3v) is 5.03. The Morgan fingerprint density at radius 3 is 2.67 bits per heavy atom. The van der Waals surface area contributed by atoms with Gasteiger partial charge < -0.3 is 15.7 Å². The van der Waals surface area contributed by atoms with Crippen molar-refractivity contribution in [2.75, 3.05) is 11.9 Å². The van der Waals surface area contributed by atoms with Gasteiger partial charge in [0.15, 0.2) is 0 Å². The maximum absolute atomic E-state index is 12.0. The molecule has 0 spiro atoms. The topological polar surface area (TPSA) is 61.4 Å². The molecular formula is C17H26N2O2. The smallest absolute Gasteiger partial charge is 0.319 e. The number of benzene rings is 1. The number of carbonyl (C=O) groups excluding carboxylic acids is 1. The van der Waals surface area contributed by atoms with E-state index < -0.39 is 0 Å². The van der Waals surface area contributed by atoms with Gasteiger partial charge in [-0.2, -0.15) is 0 Å². The van der Waals surface area contributed by atoms with E-state index in [-0.39, 0.29) is 17.6 Å². The molecule has 21 heavy (non-hydrogen) atoms. The number of carbonyl (C=O) groups is 1. The van der Waals surface area contributed by atoms with Gasteiger partial charge in [0, 0.05) is 12.2 Å². The van der Waals surface area contributed by atoms with Crippen LogP contribution in [0.5, 0.6) is 0 Å². The predicted molar refractivity (Wildman–Crippen MR) is 85.3 cm³/mol. The monoisotopic (exact) mass is 290 g/mol. The van der Waals surface area contributed by atoms with Crippen molar-refractivity contribution in [1.82, 2.24) is 5.32 Å². The highest BCUT2D eigenvalue weighted by molar-refractivity contribution is 5.90. The predicted octanol–water partition coefficient (Wildman–Crippen LogP) is 3.16. The van der Waals surface area contributed by atoms with Crippen molar-refractivity contribution in [2.24, 2.45) is 17.3 Å². The van der Waals surface area contributed by atoms with Gasteiger partial charge in [0.1, 0.15) is 0 Å². The van der Waals surface area contributed by atoms with E-state index in [2.05, 4.69) is 24.5 Å². The molecular weight excluding hydrogens is 264 g/mol. The van der Waals surface area contributed by atoms with Crippen LogP contribution >= 0.6 is 0 Å². The molecule has 0 saturated heterocycles. The molecule has 1 aromatic rings. The van der Waals surface area contributed by atoms with E-state index in [0.717, 1.165) is 17.7 Å². The molecule has 3 atom stereocenters. The Hall–Kier alpha value is -1.55. The SMILES string of the molecule is Cc1ccccc1NC(=O)NCC1CC(C(C)O)C1(C)C. The standard InChI is InChI=1S/C17H26N2O2/c1-11-7-5-6-8-15(11)19-16(21)18-10-13-9-14(12(2)20)17(13,3)4/h5-8,12-14,20H,9-10H2,1-4H3,(H2,18,19,21). The molecule has 0 bridgehead atoms. The van der Waals surface area contributed by atoms with E-state index in [9.17, 15) is 9.90 Å². The second kappa shape index (κ2) is 6.06. The van der Waals surface area contributed by atoms with E-state index >= 15 is 0 Å². The van der Waals surface area contributed by atoms with Gasteiger partial charge >= 0.3 is 6.03 Å². The van der Waals surface area contributed by atoms with Crippen LogP contribution in [0.4, 0.5) is 10.5 Å². The summed E-state index contributed by atoms with van der Waals surface area (Å²) in [6.45, 7) is 8.80. The first-order valence-electron chi connectivity index (χ1n) is 7.61. The van der Waals surface area contributed by atoms with Crippen molar-refractivity contribution in [3.8, 4) is 0 Å². The largest absolute Gasteiger partial charge is 0.393 e. The van der Waals surface area contributed by atoms with Crippen molar-refractivity contribution in [1.29, 1.82) is 0 Å². The summed E-state index contributed by atoms with van der Waals surface area (Å²) < 4.78 is 0. The minimum atomic E-state index is -0.281. The van der Waals surface area contributed by atoms with Crippen molar-refractivity contribution in [2.45, 2.75) is 40.2 Å². The van der Waals surface area contributed by atoms with Crippen molar-refractivity contribution >= 4 is 11.7 Å². The quantitative estimate of drug-likeness (QED) is 0.797. The number of amides is 2. The number of rotatable bonds is 4. The minimum absolute atomic E-state index is 0.0735. The number of para-hydroxylation sites is 1. The zero-order valence-corrected chi connectivity index (χ0v) is 13.3. The third-order valence-electron chi connectivity index (χ3n) is 5.03. The first-order chi connectivity index (χ1) is 9.82. The maximum atomic E-state index is 12.0. The molecule has 1 aliphatic rings. The van der Waals surface area contributed by atoms with Crippen LogP contribution in [0, 0.1) is 24.2 Å². The molecule has 0 heterocycles. The van der Waals surface area contributed by atoms with Gasteiger partial charge in [-0.3, -0.25) is 0 Å². The van der Waals surface area contributed by atoms with Gasteiger partial charge in [-0.05, 0) is 49.1 Å². The molecule has 0 aliphatic heterocycles. The molecule has 1 aliphatic carbocycles. The van der Waals surface area contributed by atoms with Crippen LogP contribution in [0.15, 0.2) is 24.3 Å². The Kier molecular flexibility index (Phi) is 4.57. The number of aliphatic hydroxyl groups is 1. The summed E-state index contributed by atoms with van der Waals surface area (Å²) in [6, 6.07) is 7.56. The van der Waals surface area contributed by atoms with Gasteiger partial charge in [-0.15, -0.1) is 0 Å². The van der Waals surface area contributed by atoms with Gasteiger partial charge in [-0.25, -0.2) is 4.79 Å². The van der Waals surface area contributed by atoms with E-state index in [1.165, 1.54) is 0 Å². The number of hydrogen-bond donors (Lipinski definition) is 3. The lowest BCUT2D eigenvalue weighted by molar-refractivity contribution is -0.0850. The molecule has 1 saturated carbocycles. The third kappa shape index (κ3) is 3.38. The van der Waals surface area contributed by atoms with Crippen molar-refractivity contribution in [3.63, 3.8) is 0 Å². The van der Waals surface area contributed by atoms with Crippen molar-refractivity contribution < 1.29 is 9.90 Å². The summed E-state index contributed by atoms with van der Waals surface area (Å²) in [7, 11) is 0. The van der Waals surface area contributed by atoms with Crippen LogP contribution in [-0.4, -0.2) is 23.8 Å². The molecule has 116 valence electrons. The second-order valence-corrected chi connectivity index (χ2v) is 6.75. The number of urea groups is 1. The number of aryl methyl sites for hydroxylation is 1. The van der Waals surface area contributed by atoms with Gasteiger partial charge in [0.2, 0.25) is 0 Å². The molecule has 0 aromatic heterocycles. The molecule has 3 unspecified atom stereocenters. The number of anilines is 1. The molecule has 3 N–H and O–H groups in total. The Morgan fingerprint density at radius 1 is 1.43 bits per heavy atom. The van der Waals surface area contributed by atoms with E-state index in [4.69, 9.17) is 0 Å². The molecule has 4 heteroatoms. The highest BCUT2D eigenvalue weighted by Crippen LogP contribution is 2.52. The fourth-order valence-electron chi connectivity index (χ4n) is 3.32. The maximum Gasteiger partial charge on any atom is 0.319 e. The normalized spacial score (nSPS) is 24.8. The fraction of sp³-hybridized carbons (Fsp3) is 0.588. The van der Waals surface area contributed by atoms with Gasteiger partial charge in [-0.1, -0.05) is 32.0 Å². The molecule has 2 amide bonds. The van der Waals surface area contributed by atoms with E-state index in [1.54, 1.807) is 0 Å².